The molecule has 31 heavy (non-hydrogen) atoms. The lowest BCUT2D eigenvalue weighted by Crippen LogP contribution is -2.39. The number of nitrogens with one attached hydrogen (secondary N) is 1. The molecule has 0 saturated heterocycles. The number of hydrogen-bond acceptors (Lipinski definition) is 3. The summed E-state index contributed by atoms with van der Waals surface area (Å²) in [5.41, 5.74) is 5.05. The molecule has 1 aliphatic rings. The average molecular weight is 419 g/mol. The molecule has 0 radical (unpaired) electrons. The summed E-state index contributed by atoms with van der Waals surface area (Å²) in [6.45, 7) is 0.139. The molecule has 4 rings (SSSR count). The molecule has 3 aromatic rings. The van der Waals surface area contributed by atoms with Gasteiger partial charge in [-0.05, 0) is 46.4 Å². The average Bonchev–Trinajstić information content (AvgIpc) is 3.06. The minimum Gasteiger partial charge on any atom is -0.481 e. The normalized spacial score (nSPS) is 13.2. The van der Waals surface area contributed by atoms with Crippen LogP contribution in [0.25, 0.3) is 11.1 Å². The largest absolute Gasteiger partial charge is 0.481 e. The predicted octanol–water partition coefficient (Wildman–Crippen LogP) is 4.75. The van der Waals surface area contributed by atoms with E-state index in [0.29, 0.717) is 5.56 Å². The van der Waals surface area contributed by atoms with Crippen molar-refractivity contribution in [2.24, 2.45) is 0 Å². The molecular formula is C25H22FNO4. The van der Waals surface area contributed by atoms with Gasteiger partial charge in [0.15, 0.2) is 0 Å². The number of rotatable bonds is 7. The van der Waals surface area contributed by atoms with E-state index in [1.165, 1.54) is 12.1 Å². The molecule has 2 N–H and O–H groups in total. The fourth-order valence-electron chi connectivity index (χ4n) is 4.14. The summed E-state index contributed by atoms with van der Waals surface area (Å²) >= 11 is 0. The van der Waals surface area contributed by atoms with Crippen LogP contribution in [0.15, 0.2) is 72.8 Å². The Bertz CT molecular complexity index is 1070. The Labute approximate surface area is 179 Å². The van der Waals surface area contributed by atoms with E-state index in [9.17, 15) is 19.1 Å². The number of alkyl carbamates (subject to hydrolysis) is 1. The highest BCUT2D eigenvalue weighted by Crippen LogP contribution is 2.44. The molecule has 6 heteroatoms. The van der Waals surface area contributed by atoms with Crippen LogP contribution in [0.5, 0.6) is 0 Å². The molecule has 1 aliphatic carbocycles. The second-order valence-electron chi connectivity index (χ2n) is 7.60. The Hall–Kier alpha value is -3.67. The van der Waals surface area contributed by atoms with E-state index in [4.69, 9.17) is 4.74 Å². The van der Waals surface area contributed by atoms with Crippen molar-refractivity contribution in [3.05, 3.63) is 95.3 Å². The Morgan fingerprint density at radius 1 is 0.968 bits per heavy atom. The highest BCUT2D eigenvalue weighted by molar-refractivity contribution is 5.79. The Morgan fingerprint density at radius 3 is 2.23 bits per heavy atom. The molecule has 0 unspecified atom stereocenters. The molecule has 158 valence electrons. The lowest BCUT2D eigenvalue weighted by molar-refractivity contribution is -0.137. The predicted molar refractivity (Wildman–Crippen MR) is 114 cm³/mol. The molecule has 0 spiro atoms. The van der Waals surface area contributed by atoms with E-state index in [0.717, 1.165) is 22.3 Å². The van der Waals surface area contributed by atoms with Crippen molar-refractivity contribution in [1.82, 2.24) is 5.32 Å². The summed E-state index contributed by atoms with van der Waals surface area (Å²) in [4.78, 5) is 23.7. The first-order valence-electron chi connectivity index (χ1n) is 10.1. The molecule has 0 bridgehead atoms. The van der Waals surface area contributed by atoms with E-state index in [2.05, 4.69) is 17.4 Å². The first-order valence-corrected chi connectivity index (χ1v) is 10.1. The number of hydrogen-bond donors (Lipinski definition) is 2. The number of benzene rings is 3. The van der Waals surface area contributed by atoms with Crippen LogP contribution in [0.4, 0.5) is 9.18 Å². The minimum absolute atomic E-state index is 0.0840. The maximum atomic E-state index is 13.5. The van der Waals surface area contributed by atoms with Gasteiger partial charge in [0.05, 0.1) is 6.42 Å². The van der Waals surface area contributed by atoms with Crippen molar-refractivity contribution < 1.29 is 23.8 Å². The maximum Gasteiger partial charge on any atom is 0.407 e. The van der Waals surface area contributed by atoms with Gasteiger partial charge in [0.2, 0.25) is 0 Å². The van der Waals surface area contributed by atoms with Gasteiger partial charge < -0.3 is 15.2 Å². The van der Waals surface area contributed by atoms with Crippen LogP contribution < -0.4 is 5.32 Å². The van der Waals surface area contributed by atoms with Crippen molar-refractivity contribution in [3.8, 4) is 11.1 Å². The van der Waals surface area contributed by atoms with Crippen molar-refractivity contribution in [1.29, 1.82) is 0 Å². The summed E-state index contributed by atoms with van der Waals surface area (Å²) in [7, 11) is 0. The van der Waals surface area contributed by atoms with Crippen molar-refractivity contribution in [2.75, 3.05) is 6.61 Å². The van der Waals surface area contributed by atoms with Gasteiger partial charge in [0.1, 0.15) is 12.4 Å². The maximum absolute atomic E-state index is 13.5. The highest BCUT2D eigenvalue weighted by atomic mass is 19.1. The molecule has 0 saturated carbocycles. The first-order chi connectivity index (χ1) is 15.0. The monoisotopic (exact) mass is 419 g/mol. The van der Waals surface area contributed by atoms with E-state index in [-0.39, 0.29) is 25.4 Å². The standard InChI is InChI=1S/C25H22FNO4/c26-17-7-5-6-16(12-17)13-18(14-24(28)29)27-25(30)31-15-23-21-10-3-1-8-19(21)20-9-2-4-11-22(20)23/h1-12,18,23H,13-15H2,(H,27,30)(H,28,29)/t18-/m0/s1. The summed E-state index contributed by atoms with van der Waals surface area (Å²) in [5, 5.41) is 11.8. The van der Waals surface area contributed by atoms with Crippen LogP contribution in [0.3, 0.4) is 0 Å². The third kappa shape index (κ3) is 4.74. The highest BCUT2D eigenvalue weighted by Gasteiger charge is 2.29. The molecule has 0 fully saturated rings. The summed E-state index contributed by atoms with van der Waals surface area (Å²) in [6, 6.07) is 21.2. The van der Waals surface area contributed by atoms with Gasteiger partial charge in [-0.1, -0.05) is 60.7 Å². The second kappa shape index (κ2) is 9.00. The van der Waals surface area contributed by atoms with Gasteiger partial charge in [-0.2, -0.15) is 0 Å². The topological polar surface area (TPSA) is 75.6 Å². The van der Waals surface area contributed by atoms with Crippen molar-refractivity contribution >= 4 is 12.1 Å². The van der Waals surface area contributed by atoms with Crippen LogP contribution >= 0.6 is 0 Å². The molecule has 0 heterocycles. The van der Waals surface area contributed by atoms with Gasteiger partial charge in [0.25, 0.3) is 0 Å². The number of aliphatic carboxylic acids is 1. The van der Waals surface area contributed by atoms with Crippen LogP contribution in [0.1, 0.15) is 29.0 Å². The Morgan fingerprint density at radius 2 is 1.61 bits per heavy atom. The number of amides is 1. The number of fused-ring (bicyclic) bond motifs is 3. The molecular weight excluding hydrogens is 397 g/mol. The third-order valence-electron chi connectivity index (χ3n) is 5.46. The smallest absolute Gasteiger partial charge is 0.407 e. The van der Waals surface area contributed by atoms with Gasteiger partial charge in [-0.25, -0.2) is 9.18 Å². The minimum atomic E-state index is -1.06. The fraction of sp³-hybridized carbons (Fsp3) is 0.200. The van der Waals surface area contributed by atoms with Crippen molar-refractivity contribution in [2.45, 2.75) is 24.8 Å². The van der Waals surface area contributed by atoms with Crippen LogP contribution in [0, 0.1) is 5.82 Å². The van der Waals surface area contributed by atoms with Crippen LogP contribution in [-0.4, -0.2) is 29.8 Å². The number of carboxylic acid groups (broad SMARTS) is 1. The number of carbonyl (C=O) groups excluding carboxylic acids is 1. The molecule has 1 amide bonds. The van der Waals surface area contributed by atoms with Crippen LogP contribution in [-0.2, 0) is 16.0 Å². The van der Waals surface area contributed by atoms with Crippen molar-refractivity contribution in [3.63, 3.8) is 0 Å². The van der Waals surface area contributed by atoms with E-state index >= 15 is 0 Å². The fourth-order valence-corrected chi connectivity index (χ4v) is 4.14. The molecule has 5 nitrogen and oxygen atoms in total. The Kier molecular flexibility index (Phi) is 5.98. The van der Waals surface area contributed by atoms with E-state index < -0.39 is 23.9 Å². The summed E-state index contributed by atoms with van der Waals surface area (Å²) < 4.78 is 18.9. The van der Waals surface area contributed by atoms with E-state index in [1.807, 2.05) is 36.4 Å². The SMILES string of the molecule is O=C(O)C[C@H](Cc1cccc(F)c1)NC(=O)OCC1c2ccccc2-c2ccccc21. The number of carbonyl (C=O) groups is 2. The first kappa shape index (κ1) is 20.6. The van der Waals surface area contributed by atoms with Gasteiger partial charge in [-0.3, -0.25) is 4.79 Å². The van der Waals surface area contributed by atoms with Crippen LogP contribution in [0.2, 0.25) is 0 Å². The lowest BCUT2D eigenvalue weighted by Gasteiger charge is -2.19. The number of ether oxygens (including phenoxy) is 1. The van der Waals surface area contributed by atoms with Gasteiger partial charge >= 0.3 is 12.1 Å². The second-order valence-corrected chi connectivity index (χ2v) is 7.60. The number of carboxylic acids is 1. The lowest BCUT2D eigenvalue weighted by atomic mass is 9.98. The molecule has 0 aliphatic heterocycles. The van der Waals surface area contributed by atoms with Gasteiger partial charge in [-0.15, -0.1) is 0 Å². The molecule has 1 atom stereocenters. The quantitative estimate of drug-likeness (QED) is 0.580. The third-order valence-corrected chi connectivity index (χ3v) is 5.46. The summed E-state index contributed by atoms with van der Waals surface area (Å²) in [5.74, 6) is -1.55. The Balaban J connectivity index is 1.43. The van der Waals surface area contributed by atoms with E-state index in [1.54, 1.807) is 12.1 Å². The zero-order valence-electron chi connectivity index (χ0n) is 16.8. The zero-order chi connectivity index (χ0) is 21.8. The molecule has 3 aromatic carbocycles. The molecule has 0 aromatic heterocycles. The zero-order valence-corrected chi connectivity index (χ0v) is 16.8. The van der Waals surface area contributed by atoms with Gasteiger partial charge in [0, 0.05) is 12.0 Å². The number of halogens is 1. The summed E-state index contributed by atoms with van der Waals surface area (Å²) in [6.07, 6.45) is -0.792.